The number of esters is 1. The van der Waals surface area contributed by atoms with Crippen LogP contribution in [0, 0.1) is 0 Å². The Balaban J connectivity index is 1.82. The molecule has 3 rings (SSSR count). The molecule has 0 aliphatic carbocycles. The number of ether oxygens (including phenoxy) is 3. The van der Waals surface area contributed by atoms with Crippen LogP contribution < -0.4 is 19.9 Å². The molecule has 1 N–H and O–H groups in total. The third kappa shape index (κ3) is 4.43. The summed E-state index contributed by atoms with van der Waals surface area (Å²) >= 11 is 0. The van der Waals surface area contributed by atoms with Crippen LogP contribution in [0.15, 0.2) is 54.1 Å². The summed E-state index contributed by atoms with van der Waals surface area (Å²) in [7, 11) is 1.46. The van der Waals surface area contributed by atoms with Gasteiger partial charge < -0.3 is 14.2 Å². The van der Waals surface area contributed by atoms with E-state index in [1.807, 2.05) is 6.07 Å². The number of hydrogen-bond acceptors (Lipinski definition) is 6. The van der Waals surface area contributed by atoms with E-state index < -0.39 is 23.9 Å². The number of carbonyl (C=O) groups excluding carboxylic acids is 3. The first-order chi connectivity index (χ1) is 14.4. The lowest BCUT2D eigenvalue weighted by Crippen LogP contribution is -2.35. The zero-order valence-corrected chi connectivity index (χ0v) is 16.9. The Bertz CT molecular complexity index is 986. The molecule has 8 heteroatoms. The predicted octanol–water partition coefficient (Wildman–Crippen LogP) is 2.49. The number of rotatable bonds is 7. The molecular weight excluding hydrogens is 388 g/mol. The summed E-state index contributed by atoms with van der Waals surface area (Å²) in [6.45, 7) is 3.55. The summed E-state index contributed by atoms with van der Waals surface area (Å²) in [5.41, 5.74) is 3.67. The SMILES string of the molecule is CCOC(=O)[C@@H](C)Oc1ccc(/C=C2/C(=O)NN(c3ccccc3)C2=O)cc1OC. The van der Waals surface area contributed by atoms with E-state index in [4.69, 9.17) is 14.2 Å². The van der Waals surface area contributed by atoms with Crippen molar-refractivity contribution in [1.29, 1.82) is 0 Å². The molecule has 0 radical (unpaired) electrons. The molecule has 1 aliphatic heterocycles. The van der Waals surface area contributed by atoms with Crippen molar-refractivity contribution in [2.24, 2.45) is 0 Å². The van der Waals surface area contributed by atoms with Crippen LogP contribution in [0.2, 0.25) is 0 Å². The highest BCUT2D eigenvalue weighted by molar-refractivity contribution is 6.31. The lowest BCUT2D eigenvalue weighted by Gasteiger charge is -2.16. The Labute approximate surface area is 174 Å². The molecule has 0 aromatic heterocycles. The van der Waals surface area contributed by atoms with Gasteiger partial charge >= 0.3 is 5.97 Å². The minimum absolute atomic E-state index is 0.00512. The third-order valence-electron chi connectivity index (χ3n) is 4.33. The molecule has 1 atom stereocenters. The average molecular weight is 410 g/mol. The molecule has 8 nitrogen and oxygen atoms in total. The van der Waals surface area contributed by atoms with Gasteiger partial charge in [0.25, 0.3) is 11.8 Å². The first kappa shape index (κ1) is 20.9. The van der Waals surface area contributed by atoms with Crippen molar-refractivity contribution in [3.05, 3.63) is 59.7 Å². The number of para-hydroxylation sites is 1. The van der Waals surface area contributed by atoms with Gasteiger partial charge in [0.15, 0.2) is 17.6 Å². The summed E-state index contributed by atoms with van der Waals surface area (Å²) in [5, 5.41) is 1.20. The number of amides is 2. The second-order valence-electron chi connectivity index (χ2n) is 6.40. The van der Waals surface area contributed by atoms with E-state index in [1.165, 1.54) is 18.2 Å². The highest BCUT2D eigenvalue weighted by Crippen LogP contribution is 2.30. The standard InChI is InChI=1S/C22H22N2O6/c1-4-29-22(27)14(2)30-18-11-10-15(13-19(18)28-3)12-17-20(25)23-24(21(17)26)16-8-6-5-7-9-16/h5-14H,4H2,1-3H3,(H,23,25)/b17-12-/t14-/m1/s1. The number of hydrazine groups is 1. The summed E-state index contributed by atoms with van der Waals surface area (Å²) in [5.74, 6) is -0.750. The van der Waals surface area contributed by atoms with Crippen molar-refractivity contribution >= 4 is 29.5 Å². The Morgan fingerprint density at radius 3 is 2.53 bits per heavy atom. The number of nitrogens with one attached hydrogen (secondary N) is 1. The van der Waals surface area contributed by atoms with Gasteiger partial charge in [0.2, 0.25) is 0 Å². The second-order valence-corrected chi connectivity index (χ2v) is 6.40. The fraction of sp³-hybridized carbons (Fsp3) is 0.227. The molecule has 30 heavy (non-hydrogen) atoms. The minimum atomic E-state index is -0.815. The Morgan fingerprint density at radius 1 is 1.13 bits per heavy atom. The van der Waals surface area contributed by atoms with Crippen LogP contribution in [0.3, 0.4) is 0 Å². The molecule has 1 fully saturated rings. The molecule has 2 amide bonds. The van der Waals surface area contributed by atoms with Gasteiger partial charge in [0, 0.05) is 0 Å². The van der Waals surface area contributed by atoms with E-state index in [0.717, 1.165) is 0 Å². The third-order valence-corrected chi connectivity index (χ3v) is 4.33. The number of methoxy groups -OCH3 is 1. The first-order valence-electron chi connectivity index (χ1n) is 9.38. The Hall–Kier alpha value is -3.81. The highest BCUT2D eigenvalue weighted by atomic mass is 16.6. The summed E-state index contributed by atoms with van der Waals surface area (Å²) in [6.07, 6.45) is 0.659. The van der Waals surface area contributed by atoms with Crippen LogP contribution in [-0.4, -0.2) is 37.6 Å². The quantitative estimate of drug-likeness (QED) is 0.428. The zero-order valence-electron chi connectivity index (χ0n) is 16.9. The number of carbonyl (C=O) groups is 3. The maximum absolute atomic E-state index is 12.7. The van der Waals surface area contributed by atoms with Crippen LogP contribution >= 0.6 is 0 Å². The van der Waals surface area contributed by atoms with E-state index >= 15 is 0 Å². The van der Waals surface area contributed by atoms with Crippen molar-refractivity contribution in [3.8, 4) is 11.5 Å². The monoisotopic (exact) mass is 410 g/mol. The van der Waals surface area contributed by atoms with Gasteiger partial charge in [-0.25, -0.2) is 9.80 Å². The average Bonchev–Trinajstić information content (AvgIpc) is 3.03. The van der Waals surface area contributed by atoms with E-state index in [1.54, 1.807) is 56.3 Å². The second kappa shape index (κ2) is 9.13. The fourth-order valence-corrected chi connectivity index (χ4v) is 2.85. The summed E-state index contributed by atoms with van der Waals surface area (Å²) in [4.78, 5) is 36.8. The van der Waals surface area contributed by atoms with Crippen LogP contribution in [-0.2, 0) is 19.1 Å². The topological polar surface area (TPSA) is 94.2 Å². The molecule has 1 saturated heterocycles. The molecule has 1 aliphatic rings. The van der Waals surface area contributed by atoms with Gasteiger partial charge in [-0.2, -0.15) is 0 Å². The van der Waals surface area contributed by atoms with Crippen molar-refractivity contribution in [2.75, 3.05) is 18.7 Å². The maximum atomic E-state index is 12.7. The van der Waals surface area contributed by atoms with Gasteiger partial charge in [-0.1, -0.05) is 24.3 Å². The normalized spacial score (nSPS) is 15.7. The van der Waals surface area contributed by atoms with Crippen LogP contribution in [0.4, 0.5) is 5.69 Å². The molecule has 156 valence electrons. The molecule has 0 unspecified atom stereocenters. The van der Waals surface area contributed by atoms with E-state index in [-0.39, 0.29) is 12.2 Å². The molecule has 0 bridgehead atoms. The number of benzene rings is 2. The minimum Gasteiger partial charge on any atom is -0.493 e. The van der Waals surface area contributed by atoms with Crippen molar-refractivity contribution in [1.82, 2.24) is 5.43 Å². The van der Waals surface area contributed by atoms with Crippen molar-refractivity contribution in [3.63, 3.8) is 0 Å². The zero-order chi connectivity index (χ0) is 21.7. The van der Waals surface area contributed by atoms with E-state index in [0.29, 0.717) is 22.7 Å². The Kier molecular flexibility index (Phi) is 6.36. The smallest absolute Gasteiger partial charge is 0.347 e. The summed E-state index contributed by atoms with van der Waals surface area (Å²) < 4.78 is 15.9. The summed E-state index contributed by atoms with van der Waals surface area (Å²) in [6, 6.07) is 13.7. The molecule has 2 aromatic rings. The largest absolute Gasteiger partial charge is 0.493 e. The predicted molar refractivity (Wildman–Crippen MR) is 110 cm³/mol. The van der Waals surface area contributed by atoms with Gasteiger partial charge in [-0.05, 0) is 49.8 Å². The van der Waals surface area contributed by atoms with Crippen LogP contribution in [0.25, 0.3) is 6.08 Å². The van der Waals surface area contributed by atoms with E-state index in [2.05, 4.69) is 5.43 Å². The van der Waals surface area contributed by atoms with Crippen molar-refractivity contribution < 1.29 is 28.6 Å². The van der Waals surface area contributed by atoms with Crippen LogP contribution in [0.5, 0.6) is 11.5 Å². The van der Waals surface area contributed by atoms with Gasteiger partial charge in [-0.3, -0.25) is 15.0 Å². The number of anilines is 1. The van der Waals surface area contributed by atoms with Crippen LogP contribution in [0.1, 0.15) is 19.4 Å². The lowest BCUT2D eigenvalue weighted by molar-refractivity contribution is -0.150. The molecule has 1 heterocycles. The Morgan fingerprint density at radius 2 is 1.87 bits per heavy atom. The van der Waals surface area contributed by atoms with Gasteiger partial charge in [0.05, 0.1) is 19.4 Å². The lowest BCUT2D eigenvalue weighted by atomic mass is 10.1. The van der Waals surface area contributed by atoms with Gasteiger partial charge in [0.1, 0.15) is 5.57 Å². The first-order valence-corrected chi connectivity index (χ1v) is 9.38. The van der Waals surface area contributed by atoms with Gasteiger partial charge in [-0.15, -0.1) is 0 Å². The highest BCUT2D eigenvalue weighted by Gasteiger charge is 2.34. The molecule has 2 aromatic carbocycles. The fourth-order valence-electron chi connectivity index (χ4n) is 2.85. The maximum Gasteiger partial charge on any atom is 0.347 e. The number of hydrogen-bond donors (Lipinski definition) is 1. The van der Waals surface area contributed by atoms with Crippen molar-refractivity contribution in [2.45, 2.75) is 20.0 Å². The number of nitrogens with zero attached hydrogens (tertiary/aromatic N) is 1. The molecular formula is C22H22N2O6. The molecule has 0 saturated carbocycles. The van der Waals surface area contributed by atoms with E-state index in [9.17, 15) is 14.4 Å². The molecule has 0 spiro atoms.